The molecule has 1 N–H and O–H groups in total. The lowest BCUT2D eigenvalue weighted by Gasteiger charge is -2.30. The number of rotatable bonds is 5. The molecule has 1 unspecified atom stereocenters. The zero-order valence-electron chi connectivity index (χ0n) is 9.61. The molecule has 0 amide bonds. The van der Waals surface area contributed by atoms with E-state index < -0.39 is 12.1 Å². The summed E-state index contributed by atoms with van der Waals surface area (Å²) in [5.41, 5.74) is 0. The van der Waals surface area contributed by atoms with Crippen molar-refractivity contribution in [3.05, 3.63) is 0 Å². The van der Waals surface area contributed by atoms with Crippen molar-refractivity contribution in [1.29, 1.82) is 0 Å². The highest BCUT2D eigenvalue weighted by Crippen LogP contribution is 2.09. The standard InChI is InChI=1S/C11H21NO3/c1-9(2)4-3-5-12-6-7-15-10(8-12)11(13)14/h9-10H,3-8H2,1-2H3,(H,13,14). The van der Waals surface area contributed by atoms with E-state index in [-0.39, 0.29) is 0 Å². The van der Waals surface area contributed by atoms with E-state index in [1.807, 2.05) is 0 Å². The van der Waals surface area contributed by atoms with Crippen molar-refractivity contribution in [1.82, 2.24) is 4.90 Å². The Morgan fingerprint density at radius 3 is 2.93 bits per heavy atom. The first-order valence-electron chi connectivity index (χ1n) is 5.66. The second-order valence-corrected chi connectivity index (χ2v) is 4.53. The van der Waals surface area contributed by atoms with E-state index in [2.05, 4.69) is 18.7 Å². The van der Waals surface area contributed by atoms with Gasteiger partial charge < -0.3 is 9.84 Å². The Hall–Kier alpha value is -0.610. The third-order valence-electron chi connectivity index (χ3n) is 2.68. The minimum absolute atomic E-state index is 0.535. The van der Waals surface area contributed by atoms with Crippen molar-refractivity contribution < 1.29 is 14.6 Å². The summed E-state index contributed by atoms with van der Waals surface area (Å²) in [6.45, 7) is 7.35. The van der Waals surface area contributed by atoms with Crippen molar-refractivity contribution in [2.24, 2.45) is 5.92 Å². The predicted octanol–water partition coefficient (Wildman–Crippen LogP) is 1.21. The lowest BCUT2D eigenvalue weighted by Crippen LogP contribution is -2.46. The van der Waals surface area contributed by atoms with Crippen LogP contribution >= 0.6 is 0 Å². The first-order chi connectivity index (χ1) is 7.09. The smallest absolute Gasteiger partial charge is 0.334 e. The molecule has 4 nitrogen and oxygen atoms in total. The third-order valence-corrected chi connectivity index (χ3v) is 2.68. The average Bonchev–Trinajstić information content (AvgIpc) is 2.17. The average molecular weight is 215 g/mol. The Bertz CT molecular complexity index is 206. The van der Waals surface area contributed by atoms with Crippen molar-refractivity contribution in [2.75, 3.05) is 26.2 Å². The number of morpholine rings is 1. The van der Waals surface area contributed by atoms with Gasteiger partial charge in [-0.05, 0) is 25.3 Å². The summed E-state index contributed by atoms with van der Waals surface area (Å²) >= 11 is 0. The van der Waals surface area contributed by atoms with Crippen molar-refractivity contribution in [2.45, 2.75) is 32.8 Å². The summed E-state index contributed by atoms with van der Waals surface area (Å²) in [6, 6.07) is 0. The maximum Gasteiger partial charge on any atom is 0.334 e. The third kappa shape index (κ3) is 4.62. The van der Waals surface area contributed by atoms with Gasteiger partial charge in [-0.1, -0.05) is 13.8 Å². The Balaban J connectivity index is 2.21. The molecule has 4 heteroatoms. The van der Waals surface area contributed by atoms with Crippen molar-refractivity contribution in [3.8, 4) is 0 Å². The van der Waals surface area contributed by atoms with Gasteiger partial charge in [-0.15, -0.1) is 0 Å². The molecule has 1 aliphatic heterocycles. The summed E-state index contributed by atoms with van der Waals surface area (Å²) in [4.78, 5) is 12.9. The fraction of sp³-hybridized carbons (Fsp3) is 0.909. The van der Waals surface area contributed by atoms with Gasteiger partial charge in [0.2, 0.25) is 0 Å². The van der Waals surface area contributed by atoms with E-state index in [0.29, 0.717) is 13.2 Å². The Kier molecular flexibility index (Phi) is 5.05. The molecule has 1 rings (SSSR count). The highest BCUT2D eigenvalue weighted by atomic mass is 16.5. The molecule has 0 saturated carbocycles. The lowest BCUT2D eigenvalue weighted by molar-refractivity contribution is -0.156. The molecule has 1 aliphatic rings. The number of carbonyl (C=O) groups is 1. The van der Waals surface area contributed by atoms with Gasteiger partial charge in [-0.2, -0.15) is 0 Å². The van der Waals surface area contributed by atoms with E-state index in [1.54, 1.807) is 0 Å². The van der Waals surface area contributed by atoms with Crippen LogP contribution in [0.15, 0.2) is 0 Å². The normalized spacial score (nSPS) is 23.3. The Morgan fingerprint density at radius 2 is 2.33 bits per heavy atom. The quantitative estimate of drug-likeness (QED) is 0.749. The van der Waals surface area contributed by atoms with Crippen LogP contribution in [0.2, 0.25) is 0 Å². The summed E-state index contributed by atoms with van der Waals surface area (Å²) in [5.74, 6) is -0.120. The van der Waals surface area contributed by atoms with Crippen LogP contribution in [0.3, 0.4) is 0 Å². The minimum atomic E-state index is -0.844. The zero-order valence-corrected chi connectivity index (χ0v) is 9.61. The van der Waals surface area contributed by atoms with E-state index >= 15 is 0 Å². The highest BCUT2D eigenvalue weighted by molar-refractivity contribution is 5.72. The van der Waals surface area contributed by atoms with Crippen LogP contribution in [0, 0.1) is 5.92 Å². The molecular formula is C11H21NO3. The fourth-order valence-corrected chi connectivity index (χ4v) is 1.78. The van der Waals surface area contributed by atoms with E-state index in [9.17, 15) is 4.79 Å². The molecule has 0 aromatic carbocycles. The number of aliphatic carboxylic acids is 1. The molecule has 1 saturated heterocycles. The van der Waals surface area contributed by atoms with Gasteiger partial charge in [0.05, 0.1) is 6.61 Å². The molecule has 1 fully saturated rings. The summed E-state index contributed by atoms with van der Waals surface area (Å²) < 4.78 is 5.16. The molecule has 0 aromatic rings. The lowest BCUT2D eigenvalue weighted by atomic mass is 10.1. The number of ether oxygens (including phenoxy) is 1. The molecule has 88 valence electrons. The Morgan fingerprint density at radius 1 is 1.60 bits per heavy atom. The number of hydrogen-bond acceptors (Lipinski definition) is 3. The first kappa shape index (κ1) is 12.5. The molecule has 1 heterocycles. The van der Waals surface area contributed by atoms with Gasteiger partial charge in [-0.3, -0.25) is 4.90 Å². The topological polar surface area (TPSA) is 49.8 Å². The summed E-state index contributed by atoms with van der Waals surface area (Å²) in [7, 11) is 0. The van der Waals surface area contributed by atoms with Crippen LogP contribution in [0.1, 0.15) is 26.7 Å². The van der Waals surface area contributed by atoms with Gasteiger partial charge in [0, 0.05) is 13.1 Å². The fourth-order valence-electron chi connectivity index (χ4n) is 1.78. The van der Waals surface area contributed by atoms with Gasteiger partial charge >= 0.3 is 5.97 Å². The van der Waals surface area contributed by atoms with Crippen LogP contribution < -0.4 is 0 Å². The molecule has 15 heavy (non-hydrogen) atoms. The molecule has 0 aliphatic carbocycles. The van der Waals surface area contributed by atoms with Crippen molar-refractivity contribution in [3.63, 3.8) is 0 Å². The largest absolute Gasteiger partial charge is 0.479 e. The molecular weight excluding hydrogens is 194 g/mol. The number of hydrogen-bond donors (Lipinski definition) is 1. The van der Waals surface area contributed by atoms with Gasteiger partial charge in [0.25, 0.3) is 0 Å². The van der Waals surface area contributed by atoms with Gasteiger partial charge in [0.1, 0.15) is 0 Å². The predicted molar refractivity (Wildman–Crippen MR) is 57.9 cm³/mol. The maximum absolute atomic E-state index is 10.7. The summed E-state index contributed by atoms with van der Waals surface area (Å²) in [5, 5.41) is 8.82. The van der Waals surface area contributed by atoms with E-state index in [0.717, 1.165) is 25.4 Å². The molecule has 0 radical (unpaired) electrons. The monoisotopic (exact) mass is 215 g/mol. The van der Waals surface area contributed by atoms with E-state index in [4.69, 9.17) is 9.84 Å². The van der Waals surface area contributed by atoms with Crippen LogP contribution in [-0.4, -0.2) is 48.3 Å². The second-order valence-electron chi connectivity index (χ2n) is 4.53. The second kappa shape index (κ2) is 6.08. The minimum Gasteiger partial charge on any atom is -0.479 e. The number of nitrogens with zero attached hydrogens (tertiary/aromatic N) is 1. The van der Waals surface area contributed by atoms with Gasteiger partial charge in [-0.25, -0.2) is 4.79 Å². The number of carboxylic acids is 1. The SMILES string of the molecule is CC(C)CCCN1CCOC(C(=O)O)C1. The molecule has 0 spiro atoms. The number of carboxylic acid groups (broad SMARTS) is 1. The highest BCUT2D eigenvalue weighted by Gasteiger charge is 2.25. The van der Waals surface area contributed by atoms with E-state index in [1.165, 1.54) is 6.42 Å². The Labute approximate surface area is 91.2 Å². The first-order valence-corrected chi connectivity index (χ1v) is 5.66. The van der Waals surface area contributed by atoms with Gasteiger partial charge in [0.15, 0.2) is 6.10 Å². The van der Waals surface area contributed by atoms with Crippen LogP contribution in [0.25, 0.3) is 0 Å². The van der Waals surface area contributed by atoms with Crippen molar-refractivity contribution >= 4 is 5.97 Å². The maximum atomic E-state index is 10.7. The zero-order chi connectivity index (χ0) is 11.3. The molecule has 1 atom stereocenters. The van der Waals surface area contributed by atoms with Crippen LogP contribution in [0.5, 0.6) is 0 Å². The molecule has 0 bridgehead atoms. The van der Waals surface area contributed by atoms with Crippen LogP contribution in [0.4, 0.5) is 0 Å². The van der Waals surface area contributed by atoms with Crippen LogP contribution in [-0.2, 0) is 9.53 Å². The summed E-state index contributed by atoms with van der Waals surface area (Å²) in [6.07, 6.45) is 1.72. The molecule has 0 aromatic heterocycles.